The van der Waals surface area contributed by atoms with Gasteiger partial charge in [-0.2, -0.15) is 5.10 Å². The number of rotatable bonds is 10. The third-order valence-corrected chi connectivity index (χ3v) is 10.1. The standard InChI is InChI=1S/C42H56N8O5/c1-41(2,3)54-39(51)47(24-28-12-11-13-28)26-32-21-31-16-15-29(19-36(31)49(32)40(52)55-42(4,5)6)25-48-27-35(44-45-48)33-18-30(23-46(7)8)20-37-34(33)22-43-50(37)38-14-9-10-17-53-38/h15-16,18-22,27-28,38H,9-14,17,23-26H2,1-8H3. The van der Waals surface area contributed by atoms with Crippen molar-refractivity contribution >= 4 is 34.0 Å². The van der Waals surface area contributed by atoms with Crippen molar-refractivity contribution in [3.63, 3.8) is 0 Å². The topological polar surface area (TPSA) is 122 Å². The molecule has 3 aromatic heterocycles. The van der Waals surface area contributed by atoms with E-state index in [4.69, 9.17) is 19.3 Å². The van der Waals surface area contributed by atoms with Gasteiger partial charge in [0.2, 0.25) is 0 Å². The van der Waals surface area contributed by atoms with E-state index >= 15 is 0 Å². The molecule has 1 amide bonds. The molecule has 2 fully saturated rings. The van der Waals surface area contributed by atoms with Crippen molar-refractivity contribution in [1.29, 1.82) is 0 Å². The average molecular weight is 753 g/mol. The minimum atomic E-state index is -0.717. The molecule has 1 aliphatic heterocycles. The Kier molecular flexibility index (Phi) is 10.8. The van der Waals surface area contributed by atoms with Crippen LogP contribution in [0, 0.1) is 5.92 Å². The van der Waals surface area contributed by atoms with Crippen molar-refractivity contribution in [2.75, 3.05) is 27.2 Å². The number of ether oxygens (including phenoxy) is 3. The summed E-state index contributed by atoms with van der Waals surface area (Å²) in [5.41, 5.74) is 4.84. The normalized spacial score (nSPS) is 16.9. The highest BCUT2D eigenvalue weighted by atomic mass is 16.6. The largest absolute Gasteiger partial charge is 0.444 e. The second-order valence-electron chi connectivity index (χ2n) is 17.5. The Morgan fingerprint density at radius 1 is 0.891 bits per heavy atom. The van der Waals surface area contributed by atoms with Gasteiger partial charge in [-0.15, -0.1) is 5.10 Å². The fourth-order valence-corrected chi connectivity index (χ4v) is 7.46. The second-order valence-corrected chi connectivity index (χ2v) is 17.5. The summed E-state index contributed by atoms with van der Waals surface area (Å²) in [5.74, 6) is 0.416. The summed E-state index contributed by atoms with van der Waals surface area (Å²) in [6.07, 6.45) is 9.35. The first-order valence-electron chi connectivity index (χ1n) is 19.6. The van der Waals surface area contributed by atoms with Gasteiger partial charge < -0.3 is 24.0 Å². The maximum absolute atomic E-state index is 13.9. The van der Waals surface area contributed by atoms with Crippen LogP contribution in [0.3, 0.4) is 0 Å². The fraction of sp³-hybridized carbons (Fsp3) is 0.548. The van der Waals surface area contributed by atoms with Crippen molar-refractivity contribution < 1.29 is 23.8 Å². The van der Waals surface area contributed by atoms with Crippen LogP contribution < -0.4 is 0 Å². The molecule has 0 radical (unpaired) electrons. The smallest absolute Gasteiger partial charge is 0.419 e. The SMILES string of the molecule is CN(C)Cc1cc(-c2cn(Cc3ccc4cc(CN(CC5CCC5)C(=O)OC(C)(C)C)n(C(=O)OC(C)(C)C)c4c3)nn2)c2cnn(C3CCCCO3)c2c1. The maximum atomic E-state index is 13.9. The first kappa shape index (κ1) is 38.5. The van der Waals surface area contributed by atoms with Crippen molar-refractivity contribution in [3.05, 3.63) is 65.6 Å². The van der Waals surface area contributed by atoms with Gasteiger partial charge in [-0.1, -0.05) is 23.8 Å². The highest BCUT2D eigenvalue weighted by molar-refractivity contribution is 5.94. The summed E-state index contributed by atoms with van der Waals surface area (Å²) >= 11 is 0. The summed E-state index contributed by atoms with van der Waals surface area (Å²) in [6.45, 7) is 13.9. The Morgan fingerprint density at radius 2 is 1.65 bits per heavy atom. The Morgan fingerprint density at radius 3 is 2.33 bits per heavy atom. The Balaban J connectivity index is 1.21. The third-order valence-electron chi connectivity index (χ3n) is 10.1. The lowest BCUT2D eigenvalue weighted by Crippen LogP contribution is -2.41. The van der Waals surface area contributed by atoms with Crippen LogP contribution in [0.1, 0.15) is 103 Å². The van der Waals surface area contributed by atoms with Crippen molar-refractivity contribution in [2.45, 2.75) is 117 Å². The minimum absolute atomic E-state index is 0.0809. The molecule has 2 aliphatic rings. The molecular weight excluding hydrogens is 697 g/mol. The van der Waals surface area contributed by atoms with E-state index in [0.29, 0.717) is 30.2 Å². The van der Waals surface area contributed by atoms with Crippen LogP contribution in [0.15, 0.2) is 48.8 Å². The molecular formula is C42H56N8O5. The van der Waals surface area contributed by atoms with Crippen molar-refractivity contribution in [1.82, 2.24) is 39.1 Å². The molecule has 55 heavy (non-hydrogen) atoms. The van der Waals surface area contributed by atoms with Gasteiger partial charge in [-0.25, -0.2) is 23.5 Å². The molecule has 1 saturated carbocycles. The number of nitrogens with zero attached hydrogens (tertiary/aromatic N) is 8. The average Bonchev–Trinajstić information content (AvgIpc) is 3.81. The zero-order chi connectivity index (χ0) is 39.1. The van der Waals surface area contributed by atoms with E-state index in [2.05, 4.69) is 41.4 Å². The summed E-state index contributed by atoms with van der Waals surface area (Å²) in [7, 11) is 4.13. The third kappa shape index (κ3) is 9.05. The zero-order valence-corrected chi connectivity index (χ0v) is 33.7. The number of hydrogen-bond acceptors (Lipinski definition) is 9. The maximum Gasteiger partial charge on any atom is 0.419 e. The molecule has 294 valence electrons. The summed E-state index contributed by atoms with van der Waals surface area (Å²) < 4.78 is 23.3. The molecule has 1 unspecified atom stereocenters. The fourth-order valence-electron chi connectivity index (χ4n) is 7.46. The van der Waals surface area contributed by atoms with E-state index in [1.807, 2.05) is 87.6 Å². The minimum Gasteiger partial charge on any atom is -0.444 e. The highest BCUT2D eigenvalue weighted by Crippen LogP contribution is 2.34. The lowest BCUT2D eigenvalue weighted by Gasteiger charge is -2.33. The highest BCUT2D eigenvalue weighted by Gasteiger charge is 2.30. The predicted molar refractivity (Wildman–Crippen MR) is 212 cm³/mol. The van der Waals surface area contributed by atoms with Crippen LogP contribution in [0.2, 0.25) is 0 Å². The molecule has 1 atom stereocenters. The lowest BCUT2D eigenvalue weighted by atomic mass is 9.85. The van der Waals surface area contributed by atoms with Gasteiger partial charge in [-0.3, -0.25) is 0 Å². The summed E-state index contributed by atoms with van der Waals surface area (Å²) in [5, 5.41) is 15.9. The van der Waals surface area contributed by atoms with Crippen LogP contribution in [0.5, 0.6) is 0 Å². The first-order chi connectivity index (χ1) is 26.1. The van der Waals surface area contributed by atoms with E-state index in [-0.39, 0.29) is 18.9 Å². The molecule has 13 nitrogen and oxygen atoms in total. The monoisotopic (exact) mass is 752 g/mol. The molecule has 4 heterocycles. The number of fused-ring (bicyclic) bond motifs is 2. The Bertz CT molecular complexity index is 2160. The number of aromatic nitrogens is 6. The number of amides is 1. The molecule has 0 bridgehead atoms. The molecule has 0 N–H and O–H groups in total. The molecule has 1 aliphatic carbocycles. The first-order valence-corrected chi connectivity index (χ1v) is 19.6. The number of hydrogen-bond donors (Lipinski definition) is 0. The number of carbonyl (C=O) groups is 2. The number of benzene rings is 2. The molecule has 2 aromatic carbocycles. The van der Waals surface area contributed by atoms with Crippen LogP contribution in [0.25, 0.3) is 33.1 Å². The molecule has 5 aromatic rings. The number of carbonyl (C=O) groups excluding carboxylic acids is 2. The van der Waals surface area contributed by atoms with Gasteiger partial charge in [0, 0.05) is 41.7 Å². The van der Waals surface area contributed by atoms with Crippen LogP contribution in [-0.2, 0) is 33.8 Å². The van der Waals surface area contributed by atoms with Gasteiger partial charge >= 0.3 is 12.2 Å². The summed E-state index contributed by atoms with van der Waals surface area (Å²) in [4.78, 5) is 31.3. The molecule has 13 heteroatoms. The molecule has 0 spiro atoms. The van der Waals surface area contributed by atoms with Crippen LogP contribution >= 0.6 is 0 Å². The van der Waals surface area contributed by atoms with Crippen molar-refractivity contribution in [3.8, 4) is 11.3 Å². The van der Waals surface area contributed by atoms with Gasteiger partial charge in [0.25, 0.3) is 0 Å². The predicted octanol–water partition coefficient (Wildman–Crippen LogP) is 8.38. The molecule has 7 rings (SSSR count). The van der Waals surface area contributed by atoms with Gasteiger partial charge in [-0.05, 0) is 129 Å². The van der Waals surface area contributed by atoms with Crippen LogP contribution in [-0.4, -0.2) is 89.8 Å². The van der Waals surface area contributed by atoms with E-state index in [9.17, 15) is 9.59 Å². The lowest BCUT2D eigenvalue weighted by molar-refractivity contribution is -0.0366. The second kappa shape index (κ2) is 15.4. The van der Waals surface area contributed by atoms with Gasteiger partial charge in [0.1, 0.15) is 16.9 Å². The van der Waals surface area contributed by atoms with Crippen LogP contribution in [0.4, 0.5) is 9.59 Å². The van der Waals surface area contributed by atoms with Gasteiger partial charge in [0.05, 0.1) is 36.5 Å². The Hall–Kier alpha value is -4.75. The quantitative estimate of drug-likeness (QED) is 0.139. The zero-order valence-electron chi connectivity index (χ0n) is 33.7. The Labute approximate surface area is 323 Å². The van der Waals surface area contributed by atoms with E-state index < -0.39 is 17.3 Å². The molecule has 1 saturated heterocycles. The van der Waals surface area contributed by atoms with E-state index in [1.54, 1.807) is 9.47 Å². The summed E-state index contributed by atoms with van der Waals surface area (Å²) in [6, 6.07) is 12.4. The van der Waals surface area contributed by atoms with Gasteiger partial charge in [0.15, 0.2) is 6.23 Å². The van der Waals surface area contributed by atoms with E-state index in [0.717, 1.165) is 90.3 Å². The van der Waals surface area contributed by atoms with Crippen molar-refractivity contribution in [2.24, 2.45) is 5.92 Å². The van der Waals surface area contributed by atoms with E-state index in [1.165, 1.54) is 0 Å².